The number of rotatable bonds is 3. The molecule has 1 fully saturated rings. The molecule has 6 nitrogen and oxygen atoms in total. The predicted octanol–water partition coefficient (Wildman–Crippen LogP) is 2.05. The molecule has 1 atom stereocenters. The first-order chi connectivity index (χ1) is 11.7. The van der Waals surface area contributed by atoms with Crippen LogP contribution in [0.25, 0.3) is 10.2 Å². The molecule has 2 aliphatic rings. The molecular formula is C17H21N3O3S. The van der Waals surface area contributed by atoms with E-state index in [2.05, 4.69) is 16.9 Å². The van der Waals surface area contributed by atoms with Gasteiger partial charge in [0.15, 0.2) is 6.61 Å². The number of carbonyl (C=O) groups is 1. The van der Waals surface area contributed by atoms with E-state index < -0.39 is 0 Å². The Hall–Kier alpha value is -1.73. The Labute approximate surface area is 144 Å². The van der Waals surface area contributed by atoms with E-state index in [-0.39, 0.29) is 12.5 Å². The van der Waals surface area contributed by atoms with E-state index in [1.807, 2.05) is 0 Å². The average Bonchev–Trinajstić information content (AvgIpc) is 2.98. The Morgan fingerprint density at radius 3 is 3.08 bits per heavy atom. The van der Waals surface area contributed by atoms with Gasteiger partial charge in [0.05, 0.1) is 18.6 Å². The summed E-state index contributed by atoms with van der Waals surface area (Å²) in [6.07, 6.45) is 4.85. The van der Waals surface area contributed by atoms with Gasteiger partial charge in [-0.2, -0.15) is 0 Å². The van der Waals surface area contributed by atoms with Crippen molar-refractivity contribution in [3.8, 4) is 5.88 Å². The van der Waals surface area contributed by atoms with E-state index in [0.717, 1.165) is 23.1 Å². The normalized spacial score (nSPS) is 20.9. The monoisotopic (exact) mass is 347 g/mol. The number of hydrogen-bond acceptors (Lipinski definition) is 6. The summed E-state index contributed by atoms with van der Waals surface area (Å²) in [5.41, 5.74) is 1.32. The Balaban J connectivity index is 1.55. The fourth-order valence-electron chi connectivity index (χ4n) is 3.39. The minimum atomic E-state index is -0.0113. The zero-order valence-corrected chi connectivity index (χ0v) is 14.6. The molecule has 1 aliphatic heterocycles. The van der Waals surface area contributed by atoms with Gasteiger partial charge in [0.25, 0.3) is 5.91 Å². The zero-order chi connectivity index (χ0) is 16.5. The van der Waals surface area contributed by atoms with Crippen molar-refractivity contribution in [3.63, 3.8) is 0 Å². The number of aryl methyl sites for hydroxylation is 1. The number of morpholine rings is 1. The number of nitrogens with zero attached hydrogens (tertiary/aromatic N) is 3. The van der Waals surface area contributed by atoms with E-state index in [1.165, 1.54) is 23.2 Å². The molecule has 0 radical (unpaired) electrons. The zero-order valence-electron chi connectivity index (χ0n) is 13.8. The summed E-state index contributed by atoms with van der Waals surface area (Å²) in [5.74, 6) is 1.25. The molecule has 1 amide bonds. The number of carbonyl (C=O) groups excluding carboxylic acids is 1. The predicted molar refractivity (Wildman–Crippen MR) is 91.5 cm³/mol. The SMILES string of the molecule is C[C@@H]1CCc2c(sc3ncnc(OCC(=O)N4CCOCC4)c23)C1. The Morgan fingerprint density at radius 2 is 2.25 bits per heavy atom. The van der Waals surface area contributed by atoms with Gasteiger partial charge in [-0.25, -0.2) is 9.97 Å². The van der Waals surface area contributed by atoms with Gasteiger partial charge in [-0.3, -0.25) is 4.79 Å². The molecule has 1 aliphatic carbocycles. The molecule has 128 valence electrons. The maximum absolute atomic E-state index is 12.3. The fourth-order valence-corrected chi connectivity index (χ4v) is 4.73. The molecule has 24 heavy (non-hydrogen) atoms. The van der Waals surface area contributed by atoms with Gasteiger partial charge >= 0.3 is 0 Å². The van der Waals surface area contributed by atoms with Gasteiger partial charge in [0, 0.05) is 18.0 Å². The quantitative estimate of drug-likeness (QED) is 0.850. The highest BCUT2D eigenvalue weighted by molar-refractivity contribution is 7.18. The molecular weight excluding hydrogens is 326 g/mol. The first kappa shape index (κ1) is 15.8. The number of aromatic nitrogens is 2. The van der Waals surface area contributed by atoms with Gasteiger partial charge in [0.1, 0.15) is 11.2 Å². The Bertz CT molecular complexity index is 755. The van der Waals surface area contributed by atoms with Crippen molar-refractivity contribution in [2.75, 3.05) is 32.9 Å². The van der Waals surface area contributed by atoms with Gasteiger partial charge in [-0.05, 0) is 30.7 Å². The first-order valence-corrected chi connectivity index (χ1v) is 9.27. The number of fused-ring (bicyclic) bond motifs is 3. The lowest BCUT2D eigenvalue weighted by Gasteiger charge is -2.26. The molecule has 0 N–H and O–H groups in total. The van der Waals surface area contributed by atoms with Gasteiger partial charge in [-0.15, -0.1) is 11.3 Å². The summed E-state index contributed by atoms with van der Waals surface area (Å²) in [6, 6.07) is 0. The molecule has 0 bridgehead atoms. The van der Waals surface area contributed by atoms with Crippen molar-refractivity contribution in [3.05, 3.63) is 16.8 Å². The van der Waals surface area contributed by atoms with E-state index in [4.69, 9.17) is 9.47 Å². The summed E-state index contributed by atoms with van der Waals surface area (Å²) in [5, 5.41) is 1.01. The minimum Gasteiger partial charge on any atom is -0.467 e. The second-order valence-corrected chi connectivity index (χ2v) is 7.58. The third-order valence-corrected chi connectivity index (χ3v) is 5.92. The van der Waals surface area contributed by atoms with Crippen LogP contribution in [0.4, 0.5) is 0 Å². The van der Waals surface area contributed by atoms with Gasteiger partial charge < -0.3 is 14.4 Å². The molecule has 0 saturated carbocycles. The summed E-state index contributed by atoms with van der Waals surface area (Å²) in [4.78, 5) is 25.1. The maximum atomic E-state index is 12.3. The standard InChI is InChI=1S/C17H21N3O3S/c1-11-2-3-12-13(8-11)24-17-15(12)16(18-10-19-17)23-9-14(21)20-4-6-22-7-5-20/h10-11H,2-9H2,1H3/t11-/m1/s1. The van der Waals surface area contributed by atoms with Crippen LogP contribution in [-0.2, 0) is 22.4 Å². The summed E-state index contributed by atoms with van der Waals surface area (Å²) >= 11 is 1.74. The van der Waals surface area contributed by atoms with Crippen LogP contribution in [0.15, 0.2) is 6.33 Å². The highest BCUT2D eigenvalue weighted by Crippen LogP contribution is 2.40. The topological polar surface area (TPSA) is 64.6 Å². The number of ether oxygens (including phenoxy) is 2. The van der Waals surface area contributed by atoms with Gasteiger partial charge in [-0.1, -0.05) is 6.92 Å². The molecule has 0 unspecified atom stereocenters. The second kappa shape index (κ2) is 6.64. The van der Waals surface area contributed by atoms with Crippen LogP contribution < -0.4 is 4.74 Å². The van der Waals surface area contributed by atoms with Crippen molar-refractivity contribution in [1.82, 2.24) is 14.9 Å². The molecule has 7 heteroatoms. The van der Waals surface area contributed by atoms with Crippen LogP contribution in [0.1, 0.15) is 23.8 Å². The second-order valence-electron chi connectivity index (χ2n) is 6.49. The average molecular weight is 347 g/mol. The molecule has 0 spiro atoms. The largest absolute Gasteiger partial charge is 0.467 e. The van der Waals surface area contributed by atoms with Crippen LogP contribution in [0.2, 0.25) is 0 Å². The lowest BCUT2D eigenvalue weighted by Crippen LogP contribution is -2.43. The van der Waals surface area contributed by atoms with Crippen LogP contribution in [0.5, 0.6) is 5.88 Å². The summed E-state index contributed by atoms with van der Waals surface area (Å²) in [7, 11) is 0. The summed E-state index contributed by atoms with van der Waals surface area (Å²) in [6.45, 7) is 4.77. The van der Waals surface area contributed by atoms with Gasteiger partial charge in [0.2, 0.25) is 5.88 Å². The Morgan fingerprint density at radius 1 is 1.42 bits per heavy atom. The molecule has 3 heterocycles. The minimum absolute atomic E-state index is 0.0113. The lowest BCUT2D eigenvalue weighted by molar-refractivity contribution is -0.137. The van der Waals surface area contributed by atoms with Crippen molar-refractivity contribution in [1.29, 1.82) is 0 Å². The third kappa shape index (κ3) is 2.98. The molecule has 0 aromatic carbocycles. The number of amides is 1. The highest BCUT2D eigenvalue weighted by atomic mass is 32.1. The first-order valence-electron chi connectivity index (χ1n) is 8.46. The summed E-state index contributed by atoms with van der Waals surface area (Å²) < 4.78 is 11.1. The smallest absolute Gasteiger partial charge is 0.260 e. The van der Waals surface area contributed by atoms with Crippen LogP contribution in [0.3, 0.4) is 0 Å². The Kier molecular flexibility index (Phi) is 4.37. The molecule has 2 aromatic rings. The number of thiophene rings is 1. The van der Waals surface area contributed by atoms with Crippen molar-refractivity contribution in [2.45, 2.75) is 26.2 Å². The van der Waals surface area contributed by atoms with E-state index in [0.29, 0.717) is 38.1 Å². The molecule has 4 rings (SSSR count). The van der Waals surface area contributed by atoms with Crippen LogP contribution >= 0.6 is 11.3 Å². The highest BCUT2D eigenvalue weighted by Gasteiger charge is 2.24. The van der Waals surface area contributed by atoms with E-state index in [1.54, 1.807) is 16.2 Å². The van der Waals surface area contributed by atoms with Crippen LogP contribution in [-0.4, -0.2) is 53.7 Å². The van der Waals surface area contributed by atoms with Crippen molar-refractivity contribution >= 4 is 27.5 Å². The van der Waals surface area contributed by atoms with E-state index in [9.17, 15) is 4.79 Å². The lowest BCUT2D eigenvalue weighted by atomic mass is 9.89. The van der Waals surface area contributed by atoms with Crippen LogP contribution in [0, 0.1) is 5.92 Å². The molecule has 1 saturated heterocycles. The maximum Gasteiger partial charge on any atom is 0.260 e. The number of hydrogen-bond donors (Lipinski definition) is 0. The third-order valence-electron chi connectivity index (χ3n) is 4.75. The fraction of sp³-hybridized carbons (Fsp3) is 0.588. The van der Waals surface area contributed by atoms with Crippen molar-refractivity contribution < 1.29 is 14.3 Å². The molecule has 2 aromatic heterocycles. The van der Waals surface area contributed by atoms with E-state index >= 15 is 0 Å². The van der Waals surface area contributed by atoms with Crippen molar-refractivity contribution in [2.24, 2.45) is 5.92 Å².